The lowest BCUT2D eigenvalue weighted by Crippen LogP contribution is -2.47. The van der Waals surface area contributed by atoms with Gasteiger partial charge in [-0.25, -0.2) is 9.97 Å². The molecule has 7 nitrogen and oxygen atoms in total. The van der Waals surface area contributed by atoms with Gasteiger partial charge < -0.3 is 5.32 Å². The number of rotatable bonds is 5. The minimum atomic E-state index is -0.207. The number of pyridine rings is 1. The van der Waals surface area contributed by atoms with Gasteiger partial charge in [0.05, 0.1) is 11.1 Å². The van der Waals surface area contributed by atoms with E-state index in [0.29, 0.717) is 16.8 Å². The van der Waals surface area contributed by atoms with Gasteiger partial charge in [0, 0.05) is 19.3 Å². The van der Waals surface area contributed by atoms with Crippen molar-refractivity contribution in [2.24, 2.45) is 5.92 Å². The van der Waals surface area contributed by atoms with E-state index < -0.39 is 0 Å². The number of nitrogens with zero attached hydrogens (tertiary/aromatic N) is 5. The SMILES string of the molecule is C[C@@H](C(=O)Nc1ccc(Cl)cn1)N1CCC[C@H](Cn2cncn2)C1. The Morgan fingerprint density at radius 2 is 2.38 bits per heavy atom. The molecule has 1 amide bonds. The molecule has 0 aliphatic carbocycles. The molecule has 1 N–H and O–H groups in total. The highest BCUT2D eigenvalue weighted by molar-refractivity contribution is 6.30. The van der Waals surface area contributed by atoms with Crippen molar-refractivity contribution in [2.45, 2.75) is 32.4 Å². The van der Waals surface area contributed by atoms with E-state index in [0.717, 1.165) is 32.5 Å². The fraction of sp³-hybridized carbons (Fsp3) is 0.500. The van der Waals surface area contributed by atoms with Crippen LogP contribution in [0.15, 0.2) is 31.0 Å². The van der Waals surface area contributed by atoms with Crippen LogP contribution in [-0.4, -0.2) is 49.7 Å². The van der Waals surface area contributed by atoms with Crippen molar-refractivity contribution in [1.29, 1.82) is 0 Å². The third-order valence-corrected chi connectivity index (χ3v) is 4.59. The summed E-state index contributed by atoms with van der Waals surface area (Å²) in [7, 11) is 0. The predicted octanol–water partition coefficient (Wildman–Crippen LogP) is 2.07. The molecule has 2 aromatic heterocycles. The lowest BCUT2D eigenvalue weighted by molar-refractivity contribution is -0.121. The first-order valence-corrected chi connectivity index (χ1v) is 8.48. The number of carbonyl (C=O) groups excluding carboxylic acids is 1. The summed E-state index contributed by atoms with van der Waals surface area (Å²) in [5, 5.41) is 7.56. The average molecular weight is 349 g/mol. The van der Waals surface area contributed by atoms with E-state index in [2.05, 4.69) is 25.3 Å². The maximum absolute atomic E-state index is 12.5. The molecule has 2 aromatic rings. The normalized spacial score (nSPS) is 19.8. The van der Waals surface area contributed by atoms with Gasteiger partial charge in [-0.2, -0.15) is 5.10 Å². The van der Waals surface area contributed by atoms with Crippen molar-refractivity contribution in [3.8, 4) is 0 Å². The van der Waals surface area contributed by atoms with Crippen molar-refractivity contribution in [1.82, 2.24) is 24.6 Å². The van der Waals surface area contributed by atoms with Gasteiger partial charge in [-0.3, -0.25) is 14.4 Å². The number of carbonyl (C=O) groups is 1. The van der Waals surface area contributed by atoms with Gasteiger partial charge in [0.15, 0.2) is 0 Å². The van der Waals surface area contributed by atoms with Crippen LogP contribution in [0.1, 0.15) is 19.8 Å². The molecule has 0 aromatic carbocycles. The number of nitrogens with one attached hydrogen (secondary N) is 1. The fourth-order valence-electron chi connectivity index (χ4n) is 3.04. The maximum Gasteiger partial charge on any atom is 0.242 e. The van der Waals surface area contributed by atoms with E-state index >= 15 is 0 Å². The summed E-state index contributed by atoms with van der Waals surface area (Å²) < 4.78 is 1.86. The Kier molecular flexibility index (Phi) is 5.42. The second-order valence-corrected chi connectivity index (χ2v) is 6.58. The van der Waals surface area contributed by atoms with Gasteiger partial charge in [-0.1, -0.05) is 11.6 Å². The fourth-order valence-corrected chi connectivity index (χ4v) is 3.15. The van der Waals surface area contributed by atoms with Crippen LogP contribution >= 0.6 is 11.6 Å². The molecular formula is C16H21ClN6O. The number of likely N-dealkylation sites (tertiary alicyclic amines) is 1. The zero-order valence-electron chi connectivity index (χ0n) is 13.6. The Morgan fingerprint density at radius 1 is 1.50 bits per heavy atom. The van der Waals surface area contributed by atoms with Crippen LogP contribution < -0.4 is 5.32 Å². The molecule has 24 heavy (non-hydrogen) atoms. The number of piperidine rings is 1. The van der Waals surface area contributed by atoms with E-state index in [1.165, 1.54) is 6.20 Å². The molecule has 8 heteroatoms. The van der Waals surface area contributed by atoms with Crippen LogP contribution in [0.4, 0.5) is 5.82 Å². The summed E-state index contributed by atoms with van der Waals surface area (Å²) in [6, 6.07) is 3.21. The first kappa shape index (κ1) is 16.9. The summed E-state index contributed by atoms with van der Waals surface area (Å²) in [5.74, 6) is 0.947. The highest BCUT2D eigenvalue weighted by Gasteiger charge is 2.27. The molecule has 128 valence electrons. The Balaban J connectivity index is 1.56. The van der Waals surface area contributed by atoms with Crippen LogP contribution in [0.2, 0.25) is 5.02 Å². The topological polar surface area (TPSA) is 75.9 Å². The van der Waals surface area contributed by atoms with E-state index in [-0.39, 0.29) is 11.9 Å². The predicted molar refractivity (Wildman–Crippen MR) is 91.7 cm³/mol. The van der Waals surface area contributed by atoms with Gasteiger partial charge >= 0.3 is 0 Å². The first-order chi connectivity index (χ1) is 11.6. The minimum Gasteiger partial charge on any atom is -0.309 e. The van der Waals surface area contributed by atoms with Gasteiger partial charge in [-0.15, -0.1) is 0 Å². The van der Waals surface area contributed by atoms with E-state index in [1.54, 1.807) is 24.8 Å². The second kappa shape index (κ2) is 7.72. The van der Waals surface area contributed by atoms with Gasteiger partial charge in [0.2, 0.25) is 5.91 Å². The van der Waals surface area contributed by atoms with Gasteiger partial charge in [0.25, 0.3) is 0 Å². The van der Waals surface area contributed by atoms with Crippen molar-refractivity contribution < 1.29 is 4.79 Å². The molecule has 0 saturated carbocycles. The summed E-state index contributed by atoms with van der Waals surface area (Å²) in [5.41, 5.74) is 0. The molecule has 1 aliphatic heterocycles. The number of hydrogen-bond acceptors (Lipinski definition) is 5. The summed E-state index contributed by atoms with van der Waals surface area (Å²) in [6.45, 7) is 4.58. The molecule has 0 spiro atoms. The zero-order chi connectivity index (χ0) is 16.9. The lowest BCUT2D eigenvalue weighted by Gasteiger charge is -2.35. The van der Waals surface area contributed by atoms with Crippen LogP contribution in [0.25, 0.3) is 0 Å². The summed E-state index contributed by atoms with van der Waals surface area (Å²) in [4.78, 5) is 22.8. The standard InChI is InChI=1S/C16H21ClN6O/c1-12(16(24)21-15-5-4-14(17)7-19-15)22-6-2-3-13(8-22)9-23-11-18-10-20-23/h4-5,7,10-13H,2-3,6,8-9H2,1H3,(H,19,21,24)/t12-,13-/m0/s1. The number of halogens is 1. The van der Waals surface area contributed by atoms with Crippen molar-refractivity contribution in [2.75, 3.05) is 18.4 Å². The molecule has 1 aliphatic rings. The molecule has 0 radical (unpaired) electrons. The molecule has 3 heterocycles. The van der Waals surface area contributed by atoms with Gasteiger partial charge in [0.1, 0.15) is 18.5 Å². The number of aromatic nitrogens is 4. The first-order valence-electron chi connectivity index (χ1n) is 8.10. The summed E-state index contributed by atoms with van der Waals surface area (Å²) in [6.07, 6.45) is 7.04. The molecule has 0 bridgehead atoms. The third-order valence-electron chi connectivity index (χ3n) is 4.37. The number of hydrogen-bond donors (Lipinski definition) is 1. The largest absolute Gasteiger partial charge is 0.309 e. The highest BCUT2D eigenvalue weighted by atomic mass is 35.5. The lowest BCUT2D eigenvalue weighted by atomic mass is 9.96. The van der Waals surface area contributed by atoms with Crippen molar-refractivity contribution >= 4 is 23.3 Å². The van der Waals surface area contributed by atoms with Gasteiger partial charge in [-0.05, 0) is 44.4 Å². The number of anilines is 1. The van der Waals surface area contributed by atoms with Crippen LogP contribution in [0.3, 0.4) is 0 Å². The Bertz CT molecular complexity index is 660. The Hall–Kier alpha value is -1.99. The molecular weight excluding hydrogens is 328 g/mol. The third kappa shape index (κ3) is 4.30. The molecule has 1 fully saturated rings. The quantitative estimate of drug-likeness (QED) is 0.895. The molecule has 2 atom stereocenters. The van der Waals surface area contributed by atoms with E-state index in [4.69, 9.17) is 11.6 Å². The minimum absolute atomic E-state index is 0.0498. The molecule has 1 saturated heterocycles. The van der Waals surface area contributed by atoms with Crippen molar-refractivity contribution in [3.63, 3.8) is 0 Å². The van der Waals surface area contributed by atoms with Crippen LogP contribution in [-0.2, 0) is 11.3 Å². The monoisotopic (exact) mass is 348 g/mol. The molecule has 0 unspecified atom stereocenters. The zero-order valence-corrected chi connectivity index (χ0v) is 14.4. The van der Waals surface area contributed by atoms with Crippen LogP contribution in [0.5, 0.6) is 0 Å². The number of amides is 1. The smallest absolute Gasteiger partial charge is 0.242 e. The average Bonchev–Trinajstić information content (AvgIpc) is 3.09. The highest BCUT2D eigenvalue weighted by Crippen LogP contribution is 2.20. The molecule has 3 rings (SSSR count). The second-order valence-electron chi connectivity index (χ2n) is 6.15. The Labute approximate surface area is 146 Å². The maximum atomic E-state index is 12.5. The Morgan fingerprint density at radius 3 is 3.08 bits per heavy atom. The van der Waals surface area contributed by atoms with E-state index in [1.807, 2.05) is 11.6 Å². The summed E-state index contributed by atoms with van der Waals surface area (Å²) >= 11 is 5.81. The van der Waals surface area contributed by atoms with Crippen LogP contribution in [0, 0.1) is 5.92 Å². The van der Waals surface area contributed by atoms with Crippen molar-refractivity contribution in [3.05, 3.63) is 36.0 Å². The van der Waals surface area contributed by atoms with E-state index in [9.17, 15) is 4.79 Å².